The van der Waals surface area contributed by atoms with Gasteiger partial charge in [-0.25, -0.2) is 0 Å². The Balaban J connectivity index is 3.30. The largest absolute Gasteiger partial charge is 0.379 e. The van der Waals surface area contributed by atoms with E-state index in [1.165, 1.54) is 6.34 Å². The first-order valence-corrected chi connectivity index (χ1v) is 8.00. The molecule has 0 spiro atoms. The Morgan fingerprint density at radius 3 is 2.39 bits per heavy atom. The van der Waals surface area contributed by atoms with Crippen molar-refractivity contribution in [2.45, 2.75) is 32.5 Å². The van der Waals surface area contributed by atoms with Crippen LogP contribution in [-0.2, 0) is 9.47 Å². The van der Waals surface area contributed by atoms with Gasteiger partial charge in [0.05, 0.1) is 19.6 Å². The Labute approximate surface area is 140 Å². The number of hydrogen-bond acceptors (Lipinski definition) is 5. The molecule has 0 aliphatic carbocycles. The Hall–Kier alpha value is -1.37. The molecule has 1 aliphatic rings. The van der Waals surface area contributed by atoms with Crippen molar-refractivity contribution in [3.05, 3.63) is 24.0 Å². The van der Waals surface area contributed by atoms with E-state index in [4.69, 9.17) is 14.9 Å². The number of likely N-dealkylation sites (N-methyl/N-ethyl adjacent to an activating group) is 2. The molecule has 0 radical (unpaired) electrons. The van der Waals surface area contributed by atoms with Crippen LogP contribution in [0.25, 0.3) is 0 Å². The van der Waals surface area contributed by atoms with Crippen LogP contribution in [0.2, 0.25) is 0 Å². The first-order chi connectivity index (χ1) is 10.8. The van der Waals surface area contributed by atoms with Gasteiger partial charge in [0.1, 0.15) is 0 Å². The number of methoxy groups -OCH3 is 1. The second-order valence-corrected chi connectivity index (χ2v) is 6.06. The summed E-state index contributed by atoms with van der Waals surface area (Å²) in [6.07, 6.45) is 3.11. The summed E-state index contributed by atoms with van der Waals surface area (Å²) >= 11 is 0. The topological polar surface area (TPSA) is 52.0 Å². The van der Waals surface area contributed by atoms with E-state index >= 15 is 0 Å². The SMILES string of the molecule is C=CN(C)/C(=C(/C)C(C)(OC)N(C)C=N)C(C)N1CCOCC1. The van der Waals surface area contributed by atoms with Gasteiger partial charge in [-0.05, 0) is 32.5 Å². The van der Waals surface area contributed by atoms with Crippen LogP contribution >= 0.6 is 0 Å². The molecule has 1 rings (SSSR count). The predicted molar refractivity (Wildman–Crippen MR) is 94.5 cm³/mol. The fourth-order valence-electron chi connectivity index (χ4n) is 3.03. The van der Waals surface area contributed by atoms with Gasteiger partial charge in [-0.2, -0.15) is 0 Å². The third kappa shape index (κ3) is 4.13. The lowest BCUT2D eigenvalue weighted by atomic mass is 9.97. The van der Waals surface area contributed by atoms with Crippen LogP contribution in [-0.4, -0.2) is 80.3 Å². The molecule has 2 atom stereocenters. The van der Waals surface area contributed by atoms with Gasteiger partial charge in [0, 0.05) is 46.0 Å². The fraction of sp³-hybridized carbons (Fsp3) is 0.706. The molecule has 0 aromatic heterocycles. The zero-order valence-electron chi connectivity index (χ0n) is 15.4. The molecule has 132 valence electrons. The highest BCUT2D eigenvalue weighted by Crippen LogP contribution is 2.30. The van der Waals surface area contributed by atoms with Gasteiger partial charge in [-0.3, -0.25) is 10.3 Å². The molecule has 0 saturated carbocycles. The van der Waals surface area contributed by atoms with Crippen LogP contribution in [0.1, 0.15) is 20.8 Å². The van der Waals surface area contributed by atoms with E-state index in [0.717, 1.165) is 37.6 Å². The van der Waals surface area contributed by atoms with Gasteiger partial charge in [-0.1, -0.05) is 6.58 Å². The summed E-state index contributed by atoms with van der Waals surface area (Å²) < 4.78 is 11.2. The number of hydrogen-bond donors (Lipinski definition) is 1. The lowest BCUT2D eigenvalue weighted by molar-refractivity contribution is -0.0477. The minimum absolute atomic E-state index is 0.204. The van der Waals surface area contributed by atoms with Crippen molar-refractivity contribution in [1.82, 2.24) is 14.7 Å². The van der Waals surface area contributed by atoms with Gasteiger partial charge in [0.15, 0.2) is 5.72 Å². The molecule has 1 aliphatic heterocycles. The minimum Gasteiger partial charge on any atom is -0.379 e. The lowest BCUT2D eigenvalue weighted by Gasteiger charge is -2.43. The lowest BCUT2D eigenvalue weighted by Crippen LogP contribution is -2.50. The molecule has 0 amide bonds. The number of ether oxygens (including phenoxy) is 2. The number of nitrogens with one attached hydrogen (secondary N) is 1. The summed E-state index contributed by atoms with van der Waals surface area (Å²) in [5.41, 5.74) is 1.52. The van der Waals surface area contributed by atoms with E-state index < -0.39 is 5.72 Å². The summed E-state index contributed by atoms with van der Waals surface area (Å²) in [7, 11) is 5.53. The molecule has 1 fully saturated rings. The van der Waals surface area contributed by atoms with Crippen LogP contribution in [0.15, 0.2) is 24.0 Å². The Kier molecular flexibility index (Phi) is 7.25. The standard InChI is InChI=1S/C17H32N4O2/c1-8-19(5)16(15(3)21-9-11-23-12-10-21)14(2)17(4,22-7)20(6)13-18/h8,13,15,18H,1,9-12H2,2-7H3/b16-14-,18-13?. The highest BCUT2D eigenvalue weighted by molar-refractivity contribution is 5.53. The molecule has 2 unspecified atom stereocenters. The average molecular weight is 324 g/mol. The maximum absolute atomic E-state index is 7.59. The summed E-state index contributed by atoms with van der Waals surface area (Å²) in [4.78, 5) is 6.22. The molecule has 6 heteroatoms. The van der Waals surface area contributed by atoms with Gasteiger partial charge < -0.3 is 19.3 Å². The van der Waals surface area contributed by atoms with Crippen molar-refractivity contribution in [2.75, 3.05) is 47.5 Å². The summed E-state index contributed by atoms with van der Waals surface area (Å²) in [5, 5.41) is 7.59. The first kappa shape index (κ1) is 19.7. The molecule has 1 heterocycles. The van der Waals surface area contributed by atoms with E-state index in [1.807, 2.05) is 32.1 Å². The van der Waals surface area contributed by atoms with Gasteiger partial charge in [0.2, 0.25) is 0 Å². The van der Waals surface area contributed by atoms with Crippen LogP contribution in [0.3, 0.4) is 0 Å². The number of morpholine rings is 1. The number of rotatable bonds is 8. The zero-order chi connectivity index (χ0) is 17.6. The van der Waals surface area contributed by atoms with Crippen LogP contribution < -0.4 is 0 Å². The zero-order valence-corrected chi connectivity index (χ0v) is 15.4. The van der Waals surface area contributed by atoms with Crippen molar-refractivity contribution in [3.8, 4) is 0 Å². The van der Waals surface area contributed by atoms with Crippen molar-refractivity contribution in [3.63, 3.8) is 0 Å². The maximum Gasteiger partial charge on any atom is 0.162 e. The summed E-state index contributed by atoms with van der Waals surface area (Å²) in [6, 6.07) is 0.204. The molecular weight excluding hydrogens is 292 g/mol. The van der Waals surface area contributed by atoms with Crippen LogP contribution in [0, 0.1) is 5.41 Å². The van der Waals surface area contributed by atoms with Gasteiger partial charge >= 0.3 is 0 Å². The Bertz CT molecular complexity index is 446. The molecule has 1 N–H and O–H groups in total. The van der Waals surface area contributed by atoms with E-state index in [0.29, 0.717) is 0 Å². The molecule has 6 nitrogen and oxygen atoms in total. The summed E-state index contributed by atoms with van der Waals surface area (Å²) in [5.74, 6) is 0. The van der Waals surface area contributed by atoms with Gasteiger partial charge in [0.25, 0.3) is 0 Å². The number of nitrogens with zero attached hydrogens (tertiary/aromatic N) is 3. The van der Waals surface area contributed by atoms with E-state index in [1.54, 1.807) is 12.0 Å². The van der Waals surface area contributed by atoms with Gasteiger partial charge in [-0.15, -0.1) is 0 Å². The third-order valence-corrected chi connectivity index (χ3v) is 4.99. The summed E-state index contributed by atoms with van der Waals surface area (Å²) in [6.45, 7) is 13.5. The van der Waals surface area contributed by atoms with Crippen LogP contribution in [0.5, 0.6) is 0 Å². The van der Waals surface area contributed by atoms with E-state index in [-0.39, 0.29) is 6.04 Å². The Morgan fingerprint density at radius 1 is 1.39 bits per heavy atom. The van der Waals surface area contributed by atoms with Crippen LogP contribution in [0.4, 0.5) is 0 Å². The van der Waals surface area contributed by atoms with E-state index in [2.05, 4.69) is 25.3 Å². The second kappa shape index (κ2) is 8.47. The van der Waals surface area contributed by atoms with Crippen molar-refractivity contribution >= 4 is 6.34 Å². The molecular formula is C17H32N4O2. The maximum atomic E-state index is 7.59. The first-order valence-electron chi connectivity index (χ1n) is 8.00. The molecule has 0 aromatic carbocycles. The third-order valence-electron chi connectivity index (χ3n) is 4.99. The molecule has 23 heavy (non-hydrogen) atoms. The quantitative estimate of drug-likeness (QED) is 0.420. The normalized spacial score (nSPS) is 21.0. The molecule has 0 aromatic rings. The highest BCUT2D eigenvalue weighted by Gasteiger charge is 2.35. The average Bonchev–Trinajstić information content (AvgIpc) is 2.60. The highest BCUT2D eigenvalue weighted by atomic mass is 16.5. The van der Waals surface area contributed by atoms with Crippen molar-refractivity contribution in [2.24, 2.45) is 0 Å². The fourth-order valence-corrected chi connectivity index (χ4v) is 3.03. The molecule has 1 saturated heterocycles. The monoisotopic (exact) mass is 324 g/mol. The van der Waals surface area contributed by atoms with E-state index in [9.17, 15) is 0 Å². The predicted octanol–water partition coefficient (Wildman–Crippen LogP) is 1.96. The Morgan fingerprint density at radius 2 is 1.96 bits per heavy atom. The second-order valence-electron chi connectivity index (χ2n) is 6.06. The molecule has 0 bridgehead atoms. The smallest absolute Gasteiger partial charge is 0.162 e. The van der Waals surface area contributed by atoms with Crippen molar-refractivity contribution in [1.29, 1.82) is 5.41 Å². The minimum atomic E-state index is -0.686. The van der Waals surface area contributed by atoms with Crippen molar-refractivity contribution < 1.29 is 9.47 Å².